The van der Waals surface area contributed by atoms with Gasteiger partial charge in [0.15, 0.2) is 0 Å². The van der Waals surface area contributed by atoms with Gasteiger partial charge in [-0.3, -0.25) is 4.79 Å². The number of nitriles is 1. The third-order valence-corrected chi connectivity index (χ3v) is 7.05. The van der Waals surface area contributed by atoms with Crippen molar-refractivity contribution in [2.24, 2.45) is 0 Å². The second kappa shape index (κ2) is 11.4. The molecule has 1 amide bonds. The number of carbonyl (C=O) groups excluding carboxylic acids is 1. The van der Waals surface area contributed by atoms with E-state index in [1.54, 1.807) is 19.2 Å². The summed E-state index contributed by atoms with van der Waals surface area (Å²) < 4.78 is 6.06. The second-order valence-electron chi connectivity index (χ2n) is 7.40. The fourth-order valence-corrected chi connectivity index (χ4v) is 4.70. The van der Waals surface area contributed by atoms with Crippen LogP contribution in [-0.4, -0.2) is 23.8 Å². The number of anilines is 1. The van der Waals surface area contributed by atoms with E-state index >= 15 is 0 Å². The Bertz CT molecular complexity index is 1400. The van der Waals surface area contributed by atoms with E-state index in [4.69, 9.17) is 21.3 Å². The molecule has 0 spiro atoms. The number of nitrogens with zero attached hydrogens (tertiary/aromatic N) is 2. The summed E-state index contributed by atoms with van der Waals surface area (Å²) in [5.41, 5.74) is 4.19. The Hall–Kier alpha value is -3.31. The molecule has 0 aliphatic heterocycles. The van der Waals surface area contributed by atoms with Crippen LogP contribution in [0.3, 0.4) is 0 Å². The van der Waals surface area contributed by atoms with Gasteiger partial charge in [-0.25, -0.2) is 4.98 Å². The summed E-state index contributed by atoms with van der Waals surface area (Å²) in [6.07, 6.45) is 0. The third kappa shape index (κ3) is 6.04. The van der Waals surface area contributed by atoms with Gasteiger partial charge in [0, 0.05) is 20.6 Å². The molecule has 0 saturated heterocycles. The number of thioether (sulfide) groups is 1. The molecule has 0 aliphatic rings. The van der Waals surface area contributed by atoms with Crippen molar-refractivity contribution in [1.82, 2.24) is 4.98 Å². The Kier molecular flexibility index (Phi) is 8.09. The van der Waals surface area contributed by atoms with Crippen molar-refractivity contribution in [2.45, 2.75) is 5.03 Å². The Balaban J connectivity index is 1.70. The van der Waals surface area contributed by atoms with Crippen LogP contribution >= 0.6 is 39.3 Å². The van der Waals surface area contributed by atoms with Gasteiger partial charge in [-0.2, -0.15) is 5.26 Å². The van der Waals surface area contributed by atoms with Crippen LogP contribution in [0.5, 0.6) is 5.75 Å². The van der Waals surface area contributed by atoms with E-state index in [-0.39, 0.29) is 11.7 Å². The predicted molar refractivity (Wildman–Crippen MR) is 145 cm³/mol. The molecule has 0 fully saturated rings. The summed E-state index contributed by atoms with van der Waals surface area (Å²) >= 11 is 10.7. The highest BCUT2D eigenvalue weighted by molar-refractivity contribution is 9.10. The first kappa shape index (κ1) is 24.8. The molecule has 4 aromatic rings. The van der Waals surface area contributed by atoms with E-state index in [1.165, 1.54) is 11.8 Å². The van der Waals surface area contributed by atoms with Crippen molar-refractivity contribution in [3.63, 3.8) is 0 Å². The van der Waals surface area contributed by atoms with Crippen molar-refractivity contribution in [1.29, 1.82) is 5.26 Å². The number of rotatable bonds is 7. The highest BCUT2D eigenvalue weighted by Crippen LogP contribution is 2.35. The molecule has 0 saturated carbocycles. The van der Waals surface area contributed by atoms with E-state index in [1.807, 2.05) is 66.7 Å². The fraction of sp³-hybridized carbons (Fsp3) is 0.0741. The largest absolute Gasteiger partial charge is 0.497 e. The minimum absolute atomic E-state index is 0.0924. The number of hydrogen-bond donors (Lipinski definition) is 1. The van der Waals surface area contributed by atoms with Gasteiger partial charge in [-0.05, 0) is 76.1 Å². The van der Waals surface area contributed by atoms with Crippen molar-refractivity contribution in [2.75, 3.05) is 18.2 Å². The van der Waals surface area contributed by atoms with E-state index in [9.17, 15) is 10.1 Å². The number of benzene rings is 3. The van der Waals surface area contributed by atoms with Crippen LogP contribution in [0.25, 0.3) is 22.4 Å². The fourth-order valence-electron chi connectivity index (χ4n) is 3.38. The first-order chi connectivity index (χ1) is 17.0. The highest BCUT2D eigenvalue weighted by atomic mass is 79.9. The van der Waals surface area contributed by atoms with Gasteiger partial charge < -0.3 is 10.1 Å². The van der Waals surface area contributed by atoms with Gasteiger partial charge in [0.2, 0.25) is 5.91 Å². The zero-order valence-electron chi connectivity index (χ0n) is 18.6. The second-order valence-corrected chi connectivity index (χ2v) is 9.65. The summed E-state index contributed by atoms with van der Waals surface area (Å²) in [6.45, 7) is 0. The highest BCUT2D eigenvalue weighted by Gasteiger charge is 2.17. The molecule has 8 heteroatoms. The maximum Gasteiger partial charge on any atom is 0.234 e. The first-order valence-corrected chi connectivity index (χ1v) is 12.7. The monoisotopic (exact) mass is 563 g/mol. The SMILES string of the molecule is COc1ccc(-c2cc(-c3ccc(Cl)cc3)c(C#N)c(SCC(=O)Nc3ccccc3Br)n2)cc1. The summed E-state index contributed by atoms with van der Waals surface area (Å²) in [4.78, 5) is 17.4. The van der Waals surface area contributed by atoms with Gasteiger partial charge in [0.05, 0.1) is 29.8 Å². The molecule has 0 bridgehead atoms. The van der Waals surface area contributed by atoms with Gasteiger partial charge in [-0.15, -0.1) is 0 Å². The molecule has 0 radical (unpaired) electrons. The molecule has 0 atom stereocenters. The lowest BCUT2D eigenvalue weighted by atomic mass is 9.99. The average Bonchev–Trinajstić information content (AvgIpc) is 2.88. The number of nitrogens with one attached hydrogen (secondary N) is 1. The molecule has 0 aliphatic carbocycles. The standard InChI is InChI=1S/C27H19BrClN3O2S/c1-34-20-12-8-18(9-13-20)25-14-21(17-6-10-19(29)11-7-17)22(15-30)27(32-25)35-16-26(33)31-24-5-3-2-4-23(24)28/h2-14H,16H2,1H3,(H,31,33). The minimum Gasteiger partial charge on any atom is -0.497 e. The predicted octanol–water partition coefficient (Wildman–Crippen LogP) is 7.44. The quantitative estimate of drug-likeness (QED) is 0.236. The molecule has 3 aromatic carbocycles. The first-order valence-electron chi connectivity index (χ1n) is 10.5. The van der Waals surface area contributed by atoms with Crippen LogP contribution < -0.4 is 10.1 Å². The third-order valence-electron chi connectivity index (χ3n) is 5.13. The van der Waals surface area contributed by atoms with Crippen LogP contribution in [0.15, 0.2) is 88.4 Å². The molecule has 1 aromatic heterocycles. The van der Waals surface area contributed by atoms with E-state index in [0.717, 1.165) is 26.9 Å². The van der Waals surface area contributed by atoms with Crippen LogP contribution in [0.2, 0.25) is 5.02 Å². The number of para-hydroxylation sites is 1. The molecule has 174 valence electrons. The minimum atomic E-state index is -0.199. The molecule has 4 rings (SSSR count). The van der Waals surface area contributed by atoms with Crippen LogP contribution in [0, 0.1) is 11.3 Å². The summed E-state index contributed by atoms with van der Waals surface area (Å²) in [5.74, 6) is 0.629. The summed E-state index contributed by atoms with van der Waals surface area (Å²) in [7, 11) is 1.61. The summed E-state index contributed by atoms with van der Waals surface area (Å²) in [6, 6.07) is 26.4. The molecule has 35 heavy (non-hydrogen) atoms. The number of ether oxygens (including phenoxy) is 1. The lowest BCUT2D eigenvalue weighted by Gasteiger charge is -2.13. The van der Waals surface area contributed by atoms with Crippen molar-refractivity contribution in [3.8, 4) is 34.2 Å². The molecule has 0 unspecified atom stereocenters. The number of amides is 1. The van der Waals surface area contributed by atoms with Gasteiger partial charge in [0.1, 0.15) is 16.8 Å². The van der Waals surface area contributed by atoms with Crippen LogP contribution in [0.4, 0.5) is 5.69 Å². The smallest absolute Gasteiger partial charge is 0.234 e. The molecular formula is C27H19BrClN3O2S. The number of hydrogen-bond acceptors (Lipinski definition) is 5. The average molecular weight is 565 g/mol. The van der Waals surface area contributed by atoms with Gasteiger partial charge in [-0.1, -0.05) is 47.6 Å². The van der Waals surface area contributed by atoms with E-state index in [2.05, 4.69) is 27.3 Å². The number of aromatic nitrogens is 1. The van der Waals surface area contributed by atoms with Gasteiger partial charge >= 0.3 is 0 Å². The number of carbonyl (C=O) groups is 1. The maximum absolute atomic E-state index is 12.7. The lowest BCUT2D eigenvalue weighted by Crippen LogP contribution is -2.14. The Morgan fingerprint density at radius 1 is 1.09 bits per heavy atom. The number of halogens is 2. The van der Waals surface area contributed by atoms with Crippen LogP contribution in [-0.2, 0) is 4.79 Å². The molecule has 1 heterocycles. The maximum atomic E-state index is 12.7. The van der Waals surface area contributed by atoms with Crippen molar-refractivity contribution in [3.05, 3.63) is 93.9 Å². The molecule has 5 nitrogen and oxygen atoms in total. The molecular weight excluding hydrogens is 546 g/mol. The number of pyridine rings is 1. The normalized spacial score (nSPS) is 10.5. The van der Waals surface area contributed by atoms with E-state index in [0.29, 0.717) is 27.0 Å². The van der Waals surface area contributed by atoms with Crippen molar-refractivity contribution >= 4 is 50.9 Å². The topological polar surface area (TPSA) is 75.0 Å². The van der Waals surface area contributed by atoms with Gasteiger partial charge in [0.25, 0.3) is 0 Å². The zero-order chi connectivity index (χ0) is 24.8. The van der Waals surface area contributed by atoms with Crippen molar-refractivity contribution < 1.29 is 9.53 Å². The zero-order valence-corrected chi connectivity index (χ0v) is 21.7. The molecule has 1 N–H and O–H groups in total. The Labute approximate surface area is 221 Å². The summed E-state index contributed by atoms with van der Waals surface area (Å²) in [5, 5.41) is 14.0. The van der Waals surface area contributed by atoms with Crippen LogP contribution in [0.1, 0.15) is 5.56 Å². The Morgan fingerprint density at radius 3 is 2.43 bits per heavy atom. The number of methoxy groups -OCH3 is 1. The Morgan fingerprint density at radius 2 is 1.77 bits per heavy atom. The lowest BCUT2D eigenvalue weighted by molar-refractivity contribution is -0.113. The van der Waals surface area contributed by atoms with E-state index < -0.39 is 0 Å².